The maximum absolute atomic E-state index is 13.4. The molecule has 0 aliphatic carbocycles. The van der Waals surface area contributed by atoms with Gasteiger partial charge in [-0.25, -0.2) is 4.39 Å². The number of ether oxygens (including phenoxy) is 2. The second-order valence-corrected chi connectivity index (χ2v) is 6.15. The van der Waals surface area contributed by atoms with Gasteiger partial charge in [-0.1, -0.05) is 46.9 Å². The number of hydrogen-bond acceptors (Lipinski definition) is 4. The first-order valence-corrected chi connectivity index (χ1v) is 8.30. The van der Waals surface area contributed by atoms with Gasteiger partial charge in [0.15, 0.2) is 17.3 Å². The maximum Gasteiger partial charge on any atom is 0.311 e. The smallest absolute Gasteiger partial charge is 0.311 e. The topological polar surface area (TPSA) is 52.6 Å². The van der Waals surface area contributed by atoms with Crippen molar-refractivity contribution in [2.45, 2.75) is 19.3 Å². The molecule has 0 fully saturated rings. The van der Waals surface area contributed by atoms with Crippen LogP contribution in [0.25, 0.3) is 0 Å². The van der Waals surface area contributed by atoms with E-state index in [-0.39, 0.29) is 45.8 Å². The fourth-order valence-corrected chi connectivity index (χ4v) is 2.48. The highest BCUT2D eigenvalue weighted by Crippen LogP contribution is 2.35. The van der Waals surface area contributed by atoms with Crippen LogP contribution < -0.4 is 9.47 Å². The van der Waals surface area contributed by atoms with Crippen molar-refractivity contribution < 1.29 is 23.5 Å². The van der Waals surface area contributed by atoms with Gasteiger partial charge in [-0.15, -0.1) is 0 Å². The standard InChI is InChI=1S/C17H12Cl3FO4/c18-10-8-11(19)17(20)14(9-10)25-16(23)7-3-6-15(22)24-13-5-2-1-4-12(13)21/h1-2,4-5,8-9H,3,6-7H2. The van der Waals surface area contributed by atoms with Gasteiger partial charge in [0.05, 0.1) is 5.02 Å². The second kappa shape index (κ2) is 9.04. The third kappa shape index (κ3) is 5.88. The molecule has 0 atom stereocenters. The monoisotopic (exact) mass is 404 g/mol. The summed E-state index contributed by atoms with van der Waals surface area (Å²) in [4.78, 5) is 23.5. The van der Waals surface area contributed by atoms with E-state index < -0.39 is 17.8 Å². The van der Waals surface area contributed by atoms with Gasteiger partial charge in [0.2, 0.25) is 0 Å². The Balaban J connectivity index is 1.81. The molecule has 25 heavy (non-hydrogen) atoms. The number of para-hydroxylation sites is 1. The van der Waals surface area contributed by atoms with Crippen LogP contribution >= 0.6 is 34.8 Å². The SMILES string of the molecule is O=C(CCCC(=O)Oc1cc(Cl)cc(Cl)c1Cl)Oc1ccccc1F. The fourth-order valence-electron chi connectivity index (χ4n) is 1.86. The molecule has 0 bridgehead atoms. The number of benzene rings is 2. The summed E-state index contributed by atoms with van der Waals surface area (Å²) in [7, 11) is 0. The zero-order chi connectivity index (χ0) is 18.4. The van der Waals surface area contributed by atoms with Gasteiger partial charge < -0.3 is 9.47 Å². The molecular weight excluding hydrogens is 394 g/mol. The van der Waals surface area contributed by atoms with Gasteiger partial charge in [0.25, 0.3) is 0 Å². The van der Waals surface area contributed by atoms with E-state index in [9.17, 15) is 14.0 Å². The normalized spacial score (nSPS) is 10.4. The van der Waals surface area contributed by atoms with Crippen LogP contribution in [0.1, 0.15) is 19.3 Å². The molecule has 0 spiro atoms. The number of carbonyl (C=O) groups excluding carboxylic acids is 2. The Kier molecular flexibility index (Phi) is 7.05. The molecule has 0 amide bonds. The number of rotatable bonds is 6. The third-order valence-corrected chi connectivity index (χ3v) is 4.01. The van der Waals surface area contributed by atoms with Crippen molar-refractivity contribution >= 4 is 46.7 Å². The molecule has 0 saturated carbocycles. The van der Waals surface area contributed by atoms with E-state index in [1.165, 1.54) is 30.3 Å². The summed E-state index contributed by atoms with van der Waals surface area (Å²) in [5.41, 5.74) is 0. The molecule has 0 N–H and O–H groups in total. The highest BCUT2D eigenvalue weighted by atomic mass is 35.5. The van der Waals surface area contributed by atoms with Crippen molar-refractivity contribution in [3.63, 3.8) is 0 Å². The number of carbonyl (C=O) groups is 2. The average molecular weight is 406 g/mol. The Morgan fingerprint density at radius 1 is 0.920 bits per heavy atom. The largest absolute Gasteiger partial charge is 0.425 e. The first-order chi connectivity index (χ1) is 11.9. The average Bonchev–Trinajstić information content (AvgIpc) is 2.54. The summed E-state index contributed by atoms with van der Waals surface area (Å²) in [6.07, 6.45) is 0.0261. The minimum Gasteiger partial charge on any atom is -0.425 e. The van der Waals surface area contributed by atoms with Crippen molar-refractivity contribution in [2.24, 2.45) is 0 Å². The molecule has 2 aromatic carbocycles. The van der Waals surface area contributed by atoms with Crippen LogP contribution in [-0.2, 0) is 9.59 Å². The van der Waals surface area contributed by atoms with E-state index >= 15 is 0 Å². The van der Waals surface area contributed by atoms with E-state index in [0.29, 0.717) is 0 Å². The molecule has 0 aromatic heterocycles. The van der Waals surface area contributed by atoms with Crippen molar-refractivity contribution in [2.75, 3.05) is 0 Å². The van der Waals surface area contributed by atoms with Gasteiger partial charge in [0, 0.05) is 23.9 Å². The Labute approximate surface area is 158 Å². The predicted molar refractivity (Wildman–Crippen MR) is 93.0 cm³/mol. The quantitative estimate of drug-likeness (QED) is 0.363. The molecule has 4 nitrogen and oxygen atoms in total. The molecule has 0 aliphatic heterocycles. The van der Waals surface area contributed by atoms with E-state index in [1.54, 1.807) is 6.07 Å². The van der Waals surface area contributed by atoms with Gasteiger partial charge in [-0.05, 0) is 24.6 Å². The van der Waals surface area contributed by atoms with Crippen molar-refractivity contribution in [3.05, 3.63) is 57.3 Å². The van der Waals surface area contributed by atoms with Gasteiger partial charge >= 0.3 is 11.9 Å². The lowest BCUT2D eigenvalue weighted by Gasteiger charge is -2.08. The summed E-state index contributed by atoms with van der Waals surface area (Å²) in [6.45, 7) is 0. The molecule has 0 unspecified atom stereocenters. The summed E-state index contributed by atoms with van der Waals surface area (Å²) < 4.78 is 23.3. The zero-order valence-electron chi connectivity index (χ0n) is 12.7. The third-order valence-electron chi connectivity index (χ3n) is 3.01. The number of hydrogen-bond donors (Lipinski definition) is 0. The Morgan fingerprint density at radius 3 is 2.16 bits per heavy atom. The van der Waals surface area contributed by atoms with E-state index in [0.717, 1.165) is 0 Å². The molecule has 0 radical (unpaired) electrons. The van der Waals surface area contributed by atoms with Crippen LogP contribution in [0.5, 0.6) is 11.5 Å². The van der Waals surface area contributed by atoms with Crippen LogP contribution in [0.15, 0.2) is 36.4 Å². The summed E-state index contributed by atoms with van der Waals surface area (Å²) in [5.74, 6) is -2.02. The van der Waals surface area contributed by atoms with Crippen LogP contribution in [0.2, 0.25) is 15.1 Å². The lowest BCUT2D eigenvalue weighted by molar-refractivity contribution is -0.136. The maximum atomic E-state index is 13.4. The minimum absolute atomic E-state index is 0.0399. The summed E-state index contributed by atoms with van der Waals surface area (Å²) >= 11 is 17.6. The second-order valence-electron chi connectivity index (χ2n) is 4.93. The lowest BCUT2D eigenvalue weighted by Crippen LogP contribution is -2.12. The molecule has 8 heteroatoms. The Hall–Kier alpha value is -1.82. The molecule has 132 valence electrons. The Morgan fingerprint density at radius 2 is 1.52 bits per heavy atom. The van der Waals surface area contributed by atoms with Gasteiger partial charge in [0.1, 0.15) is 5.02 Å². The molecular formula is C17H12Cl3FO4. The van der Waals surface area contributed by atoms with Crippen LogP contribution in [0.3, 0.4) is 0 Å². The van der Waals surface area contributed by atoms with E-state index in [1.807, 2.05) is 0 Å². The van der Waals surface area contributed by atoms with E-state index in [2.05, 4.69) is 0 Å². The number of halogens is 4. The van der Waals surface area contributed by atoms with Crippen molar-refractivity contribution in [1.82, 2.24) is 0 Å². The Bertz CT molecular complexity index is 795. The molecule has 2 aromatic rings. The van der Waals surface area contributed by atoms with Crippen LogP contribution in [0, 0.1) is 5.82 Å². The highest BCUT2D eigenvalue weighted by Gasteiger charge is 2.14. The van der Waals surface area contributed by atoms with Crippen LogP contribution in [0.4, 0.5) is 4.39 Å². The summed E-state index contributed by atoms with van der Waals surface area (Å²) in [5, 5.41) is 0.495. The highest BCUT2D eigenvalue weighted by molar-refractivity contribution is 6.44. The molecule has 0 saturated heterocycles. The molecule has 0 heterocycles. The van der Waals surface area contributed by atoms with Crippen LogP contribution in [-0.4, -0.2) is 11.9 Å². The first kappa shape index (κ1) is 19.5. The molecule has 0 aliphatic rings. The number of esters is 2. The first-order valence-electron chi connectivity index (χ1n) is 7.17. The van der Waals surface area contributed by atoms with E-state index in [4.69, 9.17) is 44.3 Å². The zero-order valence-corrected chi connectivity index (χ0v) is 15.0. The van der Waals surface area contributed by atoms with Crippen molar-refractivity contribution in [3.8, 4) is 11.5 Å². The molecule has 2 rings (SSSR count). The van der Waals surface area contributed by atoms with Gasteiger partial charge in [-0.3, -0.25) is 9.59 Å². The summed E-state index contributed by atoms with van der Waals surface area (Å²) in [6, 6.07) is 8.33. The van der Waals surface area contributed by atoms with Gasteiger partial charge in [-0.2, -0.15) is 0 Å². The fraction of sp³-hybridized carbons (Fsp3) is 0.176. The van der Waals surface area contributed by atoms with Crippen molar-refractivity contribution in [1.29, 1.82) is 0 Å². The predicted octanol–water partition coefficient (Wildman–Crippen LogP) is 5.47. The lowest BCUT2D eigenvalue weighted by atomic mass is 10.2. The minimum atomic E-state index is -0.651.